The molecular weight excluding hydrogens is 234 g/mol. The lowest BCUT2D eigenvalue weighted by atomic mass is 10.2. The Hall–Kier alpha value is -2.11. The highest BCUT2D eigenvalue weighted by Crippen LogP contribution is 2.09. The van der Waals surface area contributed by atoms with E-state index in [0.717, 1.165) is 0 Å². The summed E-state index contributed by atoms with van der Waals surface area (Å²) in [4.78, 5) is 28.1. The van der Waals surface area contributed by atoms with Crippen molar-refractivity contribution in [2.24, 2.45) is 0 Å². The number of nitrogen functional groups attached to an aromatic ring is 1. The van der Waals surface area contributed by atoms with Crippen LogP contribution in [0.1, 0.15) is 30.8 Å². The van der Waals surface area contributed by atoms with E-state index >= 15 is 0 Å². The van der Waals surface area contributed by atoms with E-state index in [2.05, 4.69) is 4.98 Å². The molecule has 0 aliphatic heterocycles. The summed E-state index contributed by atoms with van der Waals surface area (Å²) in [6, 6.07) is 3.04. The van der Waals surface area contributed by atoms with Gasteiger partial charge in [0.1, 0.15) is 5.69 Å². The molecule has 0 aromatic carbocycles. The van der Waals surface area contributed by atoms with Gasteiger partial charge in [0, 0.05) is 12.6 Å². The van der Waals surface area contributed by atoms with E-state index < -0.39 is 5.97 Å². The minimum atomic E-state index is -0.932. The van der Waals surface area contributed by atoms with Gasteiger partial charge >= 0.3 is 5.97 Å². The van der Waals surface area contributed by atoms with Gasteiger partial charge in [0.15, 0.2) is 0 Å². The fourth-order valence-electron chi connectivity index (χ4n) is 1.49. The number of pyridine rings is 1. The van der Waals surface area contributed by atoms with Crippen LogP contribution in [0.15, 0.2) is 18.3 Å². The standard InChI is InChI=1S/C12H17N3O3/c1-8(2)15(6-5-11(16)17)12(18)10-4-3-9(13)7-14-10/h3-4,7-8H,5-6,13H2,1-2H3,(H,16,17). The fourth-order valence-corrected chi connectivity index (χ4v) is 1.49. The van der Waals surface area contributed by atoms with Gasteiger partial charge in [0.25, 0.3) is 5.91 Å². The van der Waals surface area contributed by atoms with Crippen LogP contribution >= 0.6 is 0 Å². The Bertz CT molecular complexity index is 429. The summed E-state index contributed by atoms with van der Waals surface area (Å²) in [6.45, 7) is 3.83. The minimum absolute atomic E-state index is 0.0844. The van der Waals surface area contributed by atoms with Crippen LogP contribution in [0.5, 0.6) is 0 Å². The molecule has 1 amide bonds. The number of rotatable bonds is 5. The summed E-state index contributed by atoms with van der Waals surface area (Å²) in [5, 5.41) is 8.66. The number of carbonyl (C=O) groups excluding carboxylic acids is 1. The lowest BCUT2D eigenvalue weighted by Gasteiger charge is -2.25. The smallest absolute Gasteiger partial charge is 0.305 e. The molecule has 6 heteroatoms. The monoisotopic (exact) mass is 251 g/mol. The third-order valence-corrected chi connectivity index (χ3v) is 2.46. The van der Waals surface area contributed by atoms with Crippen LogP contribution in [-0.4, -0.2) is 39.5 Å². The third kappa shape index (κ3) is 3.73. The van der Waals surface area contributed by atoms with E-state index in [0.29, 0.717) is 5.69 Å². The summed E-state index contributed by atoms with van der Waals surface area (Å²) in [5.74, 6) is -1.22. The Morgan fingerprint density at radius 1 is 1.44 bits per heavy atom. The van der Waals surface area contributed by atoms with Crippen molar-refractivity contribution in [1.82, 2.24) is 9.88 Å². The number of aromatic nitrogens is 1. The zero-order chi connectivity index (χ0) is 13.7. The quantitative estimate of drug-likeness (QED) is 0.813. The number of carboxylic acids is 1. The van der Waals surface area contributed by atoms with Crippen molar-refractivity contribution >= 4 is 17.6 Å². The van der Waals surface area contributed by atoms with Gasteiger partial charge in [0.05, 0.1) is 18.3 Å². The van der Waals surface area contributed by atoms with Crippen molar-refractivity contribution in [2.75, 3.05) is 12.3 Å². The van der Waals surface area contributed by atoms with Gasteiger partial charge in [-0.1, -0.05) is 0 Å². The number of carboxylic acid groups (broad SMARTS) is 1. The Morgan fingerprint density at radius 2 is 2.11 bits per heavy atom. The molecule has 0 spiro atoms. The summed E-state index contributed by atoms with van der Waals surface area (Å²) in [5.41, 5.74) is 6.24. The second-order valence-corrected chi connectivity index (χ2v) is 4.21. The first kappa shape index (κ1) is 14.0. The average molecular weight is 251 g/mol. The molecule has 0 unspecified atom stereocenters. The highest BCUT2D eigenvalue weighted by molar-refractivity contribution is 5.92. The van der Waals surface area contributed by atoms with Gasteiger partial charge in [-0.2, -0.15) is 0 Å². The molecule has 0 aliphatic rings. The molecule has 1 aromatic rings. The van der Waals surface area contributed by atoms with Crippen LogP contribution in [0.4, 0.5) is 5.69 Å². The fraction of sp³-hybridized carbons (Fsp3) is 0.417. The van der Waals surface area contributed by atoms with Crippen LogP contribution in [0.3, 0.4) is 0 Å². The largest absolute Gasteiger partial charge is 0.481 e. The maximum absolute atomic E-state index is 12.1. The molecule has 0 fully saturated rings. The van der Waals surface area contributed by atoms with Gasteiger partial charge in [-0.25, -0.2) is 4.98 Å². The van der Waals surface area contributed by atoms with Crippen molar-refractivity contribution in [3.63, 3.8) is 0 Å². The topological polar surface area (TPSA) is 96.5 Å². The van der Waals surface area contributed by atoms with E-state index in [9.17, 15) is 9.59 Å². The molecule has 0 saturated heterocycles. The number of hydrogen-bond acceptors (Lipinski definition) is 4. The van der Waals surface area contributed by atoms with E-state index in [1.807, 2.05) is 13.8 Å². The number of anilines is 1. The maximum Gasteiger partial charge on any atom is 0.305 e. The molecule has 0 aliphatic carbocycles. The van der Waals surface area contributed by atoms with Crippen LogP contribution in [0.2, 0.25) is 0 Å². The van der Waals surface area contributed by atoms with Crippen molar-refractivity contribution in [3.8, 4) is 0 Å². The second kappa shape index (κ2) is 6.00. The van der Waals surface area contributed by atoms with Gasteiger partial charge in [-0.05, 0) is 26.0 Å². The maximum atomic E-state index is 12.1. The number of nitrogens with two attached hydrogens (primary N) is 1. The first-order valence-corrected chi connectivity index (χ1v) is 5.66. The first-order valence-electron chi connectivity index (χ1n) is 5.66. The number of nitrogens with zero attached hydrogens (tertiary/aromatic N) is 2. The van der Waals surface area contributed by atoms with Crippen LogP contribution < -0.4 is 5.73 Å². The molecule has 6 nitrogen and oxygen atoms in total. The summed E-state index contributed by atoms with van der Waals surface area (Å²) >= 11 is 0. The number of hydrogen-bond donors (Lipinski definition) is 2. The van der Waals surface area contributed by atoms with Crippen molar-refractivity contribution in [3.05, 3.63) is 24.0 Å². The molecule has 3 N–H and O–H groups in total. The normalized spacial score (nSPS) is 10.4. The van der Waals surface area contributed by atoms with Crippen molar-refractivity contribution in [2.45, 2.75) is 26.3 Å². The lowest BCUT2D eigenvalue weighted by Crippen LogP contribution is -2.38. The number of aliphatic carboxylic acids is 1. The highest BCUT2D eigenvalue weighted by Gasteiger charge is 2.20. The highest BCUT2D eigenvalue weighted by atomic mass is 16.4. The lowest BCUT2D eigenvalue weighted by molar-refractivity contribution is -0.137. The second-order valence-electron chi connectivity index (χ2n) is 4.21. The van der Waals surface area contributed by atoms with Crippen molar-refractivity contribution in [1.29, 1.82) is 0 Å². The Kier molecular flexibility index (Phi) is 4.65. The van der Waals surface area contributed by atoms with Crippen LogP contribution in [-0.2, 0) is 4.79 Å². The molecule has 18 heavy (non-hydrogen) atoms. The van der Waals surface area contributed by atoms with E-state index in [1.54, 1.807) is 6.07 Å². The molecular formula is C12H17N3O3. The van der Waals surface area contributed by atoms with Crippen LogP contribution in [0, 0.1) is 0 Å². The molecule has 1 heterocycles. The third-order valence-electron chi connectivity index (χ3n) is 2.46. The molecule has 98 valence electrons. The van der Waals surface area contributed by atoms with Gasteiger partial charge < -0.3 is 15.7 Å². The molecule has 0 radical (unpaired) electrons. The van der Waals surface area contributed by atoms with Crippen LogP contribution in [0.25, 0.3) is 0 Å². The molecule has 0 bridgehead atoms. The van der Waals surface area contributed by atoms with Gasteiger partial charge in [-0.3, -0.25) is 9.59 Å². The summed E-state index contributed by atoms with van der Waals surface area (Å²) in [7, 11) is 0. The van der Waals surface area contributed by atoms with E-state index in [1.165, 1.54) is 17.2 Å². The molecule has 0 saturated carbocycles. The molecule has 1 aromatic heterocycles. The predicted molar refractivity (Wildman–Crippen MR) is 67.1 cm³/mol. The Morgan fingerprint density at radius 3 is 2.56 bits per heavy atom. The van der Waals surface area contributed by atoms with E-state index in [4.69, 9.17) is 10.8 Å². The van der Waals surface area contributed by atoms with Gasteiger partial charge in [-0.15, -0.1) is 0 Å². The molecule has 0 atom stereocenters. The van der Waals surface area contributed by atoms with Gasteiger partial charge in [0.2, 0.25) is 0 Å². The number of amides is 1. The Balaban J connectivity index is 2.82. The SMILES string of the molecule is CC(C)N(CCC(=O)O)C(=O)c1ccc(N)cn1. The zero-order valence-electron chi connectivity index (χ0n) is 10.5. The predicted octanol–water partition coefficient (Wildman–Crippen LogP) is 0.989. The number of carbonyl (C=O) groups is 2. The Labute approximate surface area is 105 Å². The summed E-state index contributed by atoms with van der Waals surface area (Å²) in [6.07, 6.45) is 1.32. The zero-order valence-corrected chi connectivity index (χ0v) is 10.5. The van der Waals surface area contributed by atoms with Crippen molar-refractivity contribution < 1.29 is 14.7 Å². The molecule has 1 rings (SSSR count). The first-order chi connectivity index (χ1) is 8.41. The summed E-state index contributed by atoms with van der Waals surface area (Å²) < 4.78 is 0. The average Bonchev–Trinajstić information content (AvgIpc) is 2.29. The minimum Gasteiger partial charge on any atom is -0.481 e. The van der Waals surface area contributed by atoms with E-state index in [-0.39, 0.29) is 30.6 Å².